The lowest BCUT2D eigenvalue weighted by Crippen LogP contribution is -1.98. The van der Waals surface area contributed by atoms with Gasteiger partial charge in [-0.2, -0.15) is 0 Å². The van der Waals surface area contributed by atoms with E-state index < -0.39 is 23.1 Å². The van der Waals surface area contributed by atoms with Crippen molar-refractivity contribution in [1.29, 1.82) is 0 Å². The standard InChI is InChI=1S/C15H11FN2O3S2/c1-6-13(23-7(2)17-6)11-5-22-14(18-11)8-4-12(19)9(15(20)21)3-10(8)16/h3-5,19H,1-2H3,(H,20,21). The largest absolute Gasteiger partial charge is 0.507 e. The Labute approximate surface area is 138 Å². The van der Waals surface area contributed by atoms with Crippen LogP contribution in [0.25, 0.3) is 21.1 Å². The zero-order chi connectivity index (χ0) is 16.7. The lowest BCUT2D eigenvalue weighted by atomic mass is 10.1. The quantitative estimate of drug-likeness (QED) is 0.743. The first kappa shape index (κ1) is 15.6. The molecule has 1 aromatic carbocycles. The van der Waals surface area contributed by atoms with Gasteiger partial charge in [-0.05, 0) is 26.0 Å². The third-order valence-corrected chi connectivity index (χ3v) is 5.16. The Morgan fingerprint density at radius 1 is 1.26 bits per heavy atom. The van der Waals surface area contributed by atoms with Crippen LogP contribution in [0.2, 0.25) is 0 Å². The van der Waals surface area contributed by atoms with Crippen molar-refractivity contribution >= 4 is 28.6 Å². The van der Waals surface area contributed by atoms with Crippen LogP contribution < -0.4 is 0 Å². The number of hydrogen-bond donors (Lipinski definition) is 2. The first-order chi connectivity index (χ1) is 10.9. The number of carboxylic acids is 1. The van der Waals surface area contributed by atoms with Crippen molar-refractivity contribution in [2.75, 3.05) is 0 Å². The molecule has 3 rings (SSSR count). The van der Waals surface area contributed by atoms with Crippen LogP contribution in [-0.4, -0.2) is 26.2 Å². The van der Waals surface area contributed by atoms with Gasteiger partial charge in [-0.15, -0.1) is 22.7 Å². The van der Waals surface area contributed by atoms with Crippen molar-refractivity contribution in [3.8, 4) is 26.9 Å². The van der Waals surface area contributed by atoms with E-state index >= 15 is 0 Å². The summed E-state index contributed by atoms with van der Waals surface area (Å²) in [6.45, 7) is 3.78. The van der Waals surface area contributed by atoms with Gasteiger partial charge >= 0.3 is 5.97 Å². The third-order valence-electron chi connectivity index (χ3n) is 3.19. The minimum absolute atomic E-state index is 0.0719. The van der Waals surface area contributed by atoms with Crippen molar-refractivity contribution in [3.63, 3.8) is 0 Å². The zero-order valence-electron chi connectivity index (χ0n) is 12.1. The molecule has 2 heterocycles. The smallest absolute Gasteiger partial charge is 0.339 e. The van der Waals surface area contributed by atoms with Gasteiger partial charge in [-0.1, -0.05) is 0 Å². The van der Waals surface area contributed by atoms with Crippen LogP contribution in [0.15, 0.2) is 17.5 Å². The fraction of sp³-hybridized carbons (Fsp3) is 0.133. The summed E-state index contributed by atoms with van der Waals surface area (Å²) in [5.41, 5.74) is 1.14. The van der Waals surface area contributed by atoms with Crippen LogP contribution in [0.4, 0.5) is 4.39 Å². The monoisotopic (exact) mass is 350 g/mol. The maximum atomic E-state index is 14.2. The number of aryl methyl sites for hydroxylation is 2. The van der Waals surface area contributed by atoms with Crippen LogP contribution in [0, 0.1) is 19.7 Å². The van der Waals surface area contributed by atoms with E-state index in [9.17, 15) is 14.3 Å². The van der Waals surface area contributed by atoms with E-state index in [1.54, 1.807) is 5.38 Å². The average Bonchev–Trinajstić information content (AvgIpc) is 3.07. The fourth-order valence-electron chi connectivity index (χ4n) is 2.17. The topological polar surface area (TPSA) is 83.3 Å². The number of thiazole rings is 2. The van der Waals surface area contributed by atoms with Gasteiger partial charge in [0.05, 0.1) is 21.3 Å². The Balaban J connectivity index is 2.06. The maximum Gasteiger partial charge on any atom is 0.339 e. The van der Waals surface area contributed by atoms with Gasteiger partial charge in [-0.25, -0.2) is 19.2 Å². The summed E-state index contributed by atoms with van der Waals surface area (Å²) in [7, 11) is 0. The molecule has 0 radical (unpaired) electrons. The first-order valence-corrected chi connectivity index (χ1v) is 8.22. The van der Waals surface area contributed by atoms with Crippen LogP contribution in [0.3, 0.4) is 0 Å². The number of carbonyl (C=O) groups is 1. The summed E-state index contributed by atoms with van der Waals surface area (Å²) in [5, 5.41) is 21.7. The van der Waals surface area contributed by atoms with E-state index in [0.717, 1.165) is 27.7 Å². The highest BCUT2D eigenvalue weighted by atomic mass is 32.1. The highest BCUT2D eigenvalue weighted by molar-refractivity contribution is 7.16. The van der Waals surface area contributed by atoms with Gasteiger partial charge in [0, 0.05) is 10.9 Å². The minimum atomic E-state index is -1.39. The highest BCUT2D eigenvalue weighted by Crippen LogP contribution is 2.36. The summed E-state index contributed by atoms with van der Waals surface area (Å²) in [6, 6.07) is 1.89. The molecule has 0 amide bonds. The molecule has 5 nitrogen and oxygen atoms in total. The molecule has 0 aliphatic carbocycles. The Morgan fingerprint density at radius 3 is 2.61 bits per heavy atom. The average molecular weight is 350 g/mol. The summed E-state index contributed by atoms with van der Waals surface area (Å²) in [5.74, 6) is -2.61. The molecule has 0 aliphatic heterocycles. The van der Waals surface area contributed by atoms with Gasteiger partial charge in [0.15, 0.2) is 0 Å². The molecule has 0 aliphatic rings. The molecule has 3 aromatic rings. The van der Waals surface area contributed by atoms with Crippen LogP contribution in [0.1, 0.15) is 21.1 Å². The second-order valence-electron chi connectivity index (χ2n) is 4.84. The Bertz CT molecular complexity index is 918. The number of aromatic nitrogens is 2. The van der Waals surface area contributed by atoms with E-state index in [1.165, 1.54) is 22.7 Å². The lowest BCUT2D eigenvalue weighted by molar-refractivity contribution is 0.0693. The molecule has 0 saturated carbocycles. The van der Waals surface area contributed by atoms with Crippen molar-refractivity contribution in [2.24, 2.45) is 0 Å². The van der Waals surface area contributed by atoms with E-state index in [4.69, 9.17) is 5.11 Å². The predicted octanol–water partition coefficient (Wildman–Crippen LogP) is 4.09. The summed E-state index contributed by atoms with van der Waals surface area (Å²) >= 11 is 2.72. The predicted molar refractivity (Wildman–Crippen MR) is 86.7 cm³/mol. The van der Waals surface area contributed by atoms with Crippen LogP contribution >= 0.6 is 22.7 Å². The van der Waals surface area contributed by atoms with Gasteiger partial charge in [-0.3, -0.25) is 0 Å². The van der Waals surface area contributed by atoms with Crippen molar-refractivity contribution in [1.82, 2.24) is 9.97 Å². The number of halogens is 1. The number of rotatable bonds is 3. The van der Waals surface area contributed by atoms with Gasteiger partial charge in [0.2, 0.25) is 0 Å². The highest BCUT2D eigenvalue weighted by Gasteiger charge is 2.19. The second kappa shape index (κ2) is 5.71. The lowest BCUT2D eigenvalue weighted by Gasteiger charge is -2.04. The molecule has 0 saturated heterocycles. The van der Waals surface area contributed by atoms with E-state index in [1.807, 2.05) is 13.8 Å². The Kier molecular flexibility index (Phi) is 3.87. The van der Waals surface area contributed by atoms with E-state index in [0.29, 0.717) is 10.7 Å². The third kappa shape index (κ3) is 2.82. The van der Waals surface area contributed by atoms with Crippen molar-refractivity contribution in [3.05, 3.63) is 39.6 Å². The summed E-state index contributed by atoms with van der Waals surface area (Å²) in [4.78, 5) is 20.5. The Hall–Kier alpha value is -2.32. The second-order valence-corrected chi connectivity index (χ2v) is 6.90. The molecule has 118 valence electrons. The summed E-state index contributed by atoms with van der Waals surface area (Å²) in [6.07, 6.45) is 0. The van der Waals surface area contributed by atoms with Gasteiger partial charge < -0.3 is 10.2 Å². The number of aromatic hydroxyl groups is 1. The van der Waals surface area contributed by atoms with Crippen LogP contribution in [-0.2, 0) is 0 Å². The Morgan fingerprint density at radius 2 is 2.00 bits per heavy atom. The molecular weight excluding hydrogens is 339 g/mol. The molecule has 23 heavy (non-hydrogen) atoms. The number of nitrogens with zero attached hydrogens (tertiary/aromatic N) is 2. The molecule has 0 unspecified atom stereocenters. The SMILES string of the molecule is Cc1nc(C)c(-c2csc(-c3cc(O)c(C(=O)O)cc3F)n2)s1. The fourth-order valence-corrected chi connectivity index (χ4v) is 3.95. The van der Waals surface area contributed by atoms with Gasteiger partial charge in [0.1, 0.15) is 22.1 Å². The molecule has 0 bridgehead atoms. The van der Waals surface area contributed by atoms with E-state index in [-0.39, 0.29) is 5.56 Å². The molecule has 0 fully saturated rings. The molecule has 0 spiro atoms. The number of phenols is 1. The first-order valence-electron chi connectivity index (χ1n) is 6.53. The molecule has 8 heteroatoms. The number of aromatic carboxylic acids is 1. The number of benzene rings is 1. The normalized spacial score (nSPS) is 10.9. The molecule has 0 atom stereocenters. The van der Waals surface area contributed by atoms with E-state index in [2.05, 4.69) is 9.97 Å². The number of hydrogen-bond acceptors (Lipinski definition) is 6. The molecule has 2 aromatic heterocycles. The maximum absolute atomic E-state index is 14.2. The molecule has 2 N–H and O–H groups in total. The van der Waals surface area contributed by atoms with Crippen LogP contribution in [0.5, 0.6) is 5.75 Å². The van der Waals surface area contributed by atoms with Crippen molar-refractivity contribution in [2.45, 2.75) is 13.8 Å². The zero-order valence-corrected chi connectivity index (χ0v) is 13.8. The molecular formula is C15H11FN2O3S2. The summed E-state index contributed by atoms with van der Waals surface area (Å²) < 4.78 is 14.2. The minimum Gasteiger partial charge on any atom is -0.507 e. The van der Waals surface area contributed by atoms with Gasteiger partial charge in [0.25, 0.3) is 0 Å². The number of carboxylic acid groups (broad SMARTS) is 1. The van der Waals surface area contributed by atoms with Crippen molar-refractivity contribution < 1.29 is 19.4 Å².